The molecule has 0 fully saturated rings. The fourth-order valence-corrected chi connectivity index (χ4v) is 7.18. The molecule has 0 bridgehead atoms. The van der Waals surface area contributed by atoms with Crippen molar-refractivity contribution < 1.29 is 25.8 Å². The van der Waals surface area contributed by atoms with Gasteiger partial charge in [-0.1, -0.05) is 71.7 Å². The Morgan fingerprint density at radius 2 is 1.29 bits per heavy atom. The van der Waals surface area contributed by atoms with E-state index in [4.69, 9.17) is 9.72 Å². The third kappa shape index (κ3) is 5.35. The number of rotatable bonds is 6. The van der Waals surface area contributed by atoms with Gasteiger partial charge in [0.1, 0.15) is 5.82 Å². The second-order valence-electron chi connectivity index (χ2n) is 12.8. The number of aromatic nitrogens is 3. The summed E-state index contributed by atoms with van der Waals surface area (Å²) >= 11 is 0. The molecule has 9 aromatic rings. The normalized spacial score (nSPS) is 12.7. The van der Waals surface area contributed by atoms with Gasteiger partial charge in [-0.2, -0.15) is 12.1 Å². The smallest absolute Gasteiger partial charge is 0.137 e. The van der Waals surface area contributed by atoms with Gasteiger partial charge in [0.05, 0.1) is 11.0 Å². The summed E-state index contributed by atoms with van der Waals surface area (Å²) in [5, 5.41) is 4.51. The number of hydrogen-bond acceptors (Lipinski definition) is 4. The van der Waals surface area contributed by atoms with E-state index in [0.717, 1.165) is 61.1 Å². The van der Waals surface area contributed by atoms with Crippen molar-refractivity contribution in [3.05, 3.63) is 182 Å². The third-order valence-electron chi connectivity index (χ3n) is 9.53. The molecule has 0 radical (unpaired) electrons. The first-order valence-corrected chi connectivity index (χ1v) is 17.0. The van der Waals surface area contributed by atoms with Crippen molar-refractivity contribution in [3.8, 4) is 23.0 Å². The summed E-state index contributed by atoms with van der Waals surface area (Å²) in [4.78, 5) is 9.20. The Bertz CT molecular complexity index is 2790. The minimum atomic E-state index is 0. The van der Waals surface area contributed by atoms with Gasteiger partial charge in [-0.25, -0.2) is 4.98 Å². The molecule has 52 heavy (non-hydrogen) atoms. The van der Waals surface area contributed by atoms with E-state index in [1.807, 2.05) is 72.6 Å². The molecule has 3 aromatic heterocycles. The second-order valence-corrected chi connectivity index (χ2v) is 12.8. The van der Waals surface area contributed by atoms with Crippen LogP contribution in [-0.4, -0.2) is 14.1 Å². The van der Waals surface area contributed by atoms with Crippen molar-refractivity contribution in [1.82, 2.24) is 14.1 Å². The van der Waals surface area contributed by atoms with Crippen molar-refractivity contribution in [2.45, 2.75) is 6.92 Å². The molecule has 0 saturated heterocycles. The van der Waals surface area contributed by atoms with Crippen LogP contribution in [0.25, 0.3) is 55.1 Å². The maximum Gasteiger partial charge on any atom is 0.137 e. The van der Waals surface area contributed by atoms with Crippen LogP contribution in [0, 0.1) is 25.7 Å². The zero-order valence-electron chi connectivity index (χ0n) is 28.0. The van der Waals surface area contributed by atoms with Crippen LogP contribution in [0.4, 0.5) is 11.4 Å². The summed E-state index contributed by atoms with van der Waals surface area (Å²) in [6, 6.07) is 55.1. The summed E-state index contributed by atoms with van der Waals surface area (Å²) in [5.41, 5.74) is 8.48. The molecule has 4 heterocycles. The van der Waals surface area contributed by atoms with Crippen LogP contribution < -0.4 is 14.5 Å². The van der Waals surface area contributed by atoms with Crippen LogP contribution in [0.3, 0.4) is 0 Å². The molecule has 0 N–H and O–H groups in total. The van der Waals surface area contributed by atoms with Gasteiger partial charge in [0.25, 0.3) is 0 Å². The molecule has 7 heteroatoms. The van der Waals surface area contributed by atoms with Crippen LogP contribution in [0.5, 0.6) is 11.5 Å². The molecule has 1 aliphatic rings. The maximum absolute atomic E-state index is 6.46. The Hall–Kier alpha value is -6.10. The summed E-state index contributed by atoms with van der Waals surface area (Å²) in [7, 11) is 0. The van der Waals surface area contributed by atoms with Gasteiger partial charge in [-0.3, -0.25) is 0 Å². The van der Waals surface area contributed by atoms with Crippen molar-refractivity contribution in [2.75, 3.05) is 9.80 Å². The molecular formula is C45H30N5OPt-3. The maximum atomic E-state index is 6.46. The Balaban J connectivity index is 0.00000360. The van der Waals surface area contributed by atoms with Gasteiger partial charge in [-0.05, 0) is 67.2 Å². The number of ether oxygens (including phenoxy) is 1. The van der Waals surface area contributed by atoms with E-state index in [0.29, 0.717) is 11.5 Å². The SMILES string of the molecule is Cc1ccc2c(c1)c1cnc(-n3c4[c-]c(Oc5[c-]c(N6C=CN(c7ccccc7)[CH-]6)ccc5)ccc4c4ccccc43)cc1n2-c1ccccc1.[Pt]. The van der Waals surface area contributed by atoms with E-state index in [-0.39, 0.29) is 21.1 Å². The summed E-state index contributed by atoms with van der Waals surface area (Å²) in [5.74, 6) is 2.02. The van der Waals surface area contributed by atoms with E-state index in [9.17, 15) is 0 Å². The fourth-order valence-electron chi connectivity index (χ4n) is 7.18. The number of aryl methyl sites for hydroxylation is 1. The molecule has 0 aliphatic carbocycles. The molecule has 0 amide bonds. The first-order valence-electron chi connectivity index (χ1n) is 17.0. The summed E-state index contributed by atoms with van der Waals surface area (Å²) in [6.45, 7) is 4.17. The van der Waals surface area contributed by atoms with Crippen LogP contribution in [0.2, 0.25) is 0 Å². The number of fused-ring (bicyclic) bond motifs is 6. The third-order valence-corrected chi connectivity index (χ3v) is 9.53. The minimum absolute atomic E-state index is 0. The number of hydrogen-bond donors (Lipinski definition) is 0. The molecule has 1 aliphatic heterocycles. The van der Waals surface area contributed by atoms with Crippen LogP contribution in [-0.2, 0) is 21.1 Å². The second kappa shape index (κ2) is 12.9. The van der Waals surface area contributed by atoms with E-state index in [1.165, 1.54) is 10.9 Å². The van der Waals surface area contributed by atoms with Crippen LogP contribution in [0.15, 0.2) is 158 Å². The largest absolute Gasteiger partial charge is 0.509 e. The predicted molar refractivity (Wildman–Crippen MR) is 207 cm³/mol. The standard InChI is InChI=1S/C45H30N5O.Pt/c1-31-19-22-42-39(25-31)40-29-46-45(28-44(40)49(42)33-13-6-3-7-14-33)50-41-18-9-8-17-37(41)38-21-20-36(27-43(38)50)51-35-16-10-15-34(26-35)48-24-23-47(30-48)32-11-4-2-5-12-32;/h2-25,28-30H,1H3;/q-3;. The summed E-state index contributed by atoms with van der Waals surface area (Å²) in [6.07, 6.45) is 6.06. The topological polar surface area (TPSA) is 38.5 Å². The molecule has 0 unspecified atom stereocenters. The number of anilines is 2. The molecule has 6 aromatic carbocycles. The average Bonchev–Trinajstić information content (AvgIpc) is 3.88. The van der Waals surface area contributed by atoms with Crippen molar-refractivity contribution in [2.24, 2.45) is 0 Å². The van der Waals surface area contributed by atoms with E-state index < -0.39 is 0 Å². The number of nitrogens with zero attached hydrogens (tertiary/aromatic N) is 5. The van der Waals surface area contributed by atoms with Gasteiger partial charge < -0.3 is 23.7 Å². The molecule has 6 nitrogen and oxygen atoms in total. The quantitative estimate of drug-likeness (QED) is 0.156. The van der Waals surface area contributed by atoms with Crippen molar-refractivity contribution in [3.63, 3.8) is 0 Å². The first-order chi connectivity index (χ1) is 25.2. The van der Waals surface area contributed by atoms with Gasteiger partial charge in [0.15, 0.2) is 0 Å². The molecule has 10 rings (SSSR count). The van der Waals surface area contributed by atoms with Crippen molar-refractivity contribution >= 4 is 55.0 Å². The Kier molecular flexibility index (Phi) is 7.90. The van der Waals surface area contributed by atoms with E-state index in [1.54, 1.807) is 0 Å². The Labute approximate surface area is 315 Å². The monoisotopic (exact) mass is 851 g/mol. The predicted octanol–water partition coefficient (Wildman–Crippen LogP) is 10.9. The molecular weight excluding hydrogens is 822 g/mol. The van der Waals surface area contributed by atoms with E-state index in [2.05, 4.69) is 130 Å². The molecule has 0 spiro atoms. The minimum Gasteiger partial charge on any atom is -0.509 e. The summed E-state index contributed by atoms with van der Waals surface area (Å²) < 4.78 is 11.0. The zero-order valence-corrected chi connectivity index (χ0v) is 30.3. The van der Waals surface area contributed by atoms with Crippen LogP contribution >= 0.6 is 0 Å². The fraction of sp³-hybridized carbons (Fsp3) is 0.0222. The number of para-hydroxylation sites is 3. The van der Waals surface area contributed by atoms with E-state index >= 15 is 0 Å². The van der Waals surface area contributed by atoms with Gasteiger partial charge in [-0.15, -0.1) is 48.1 Å². The molecule has 254 valence electrons. The number of benzene rings is 6. The van der Waals surface area contributed by atoms with Crippen molar-refractivity contribution in [1.29, 1.82) is 0 Å². The van der Waals surface area contributed by atoms with Gasteiger partial charge >= 0.3 is 0 Å². The van der Waals surface area contributed by atoms with Gasteiger partial charge in [0, 0.05) is 72.5 Å². The Morgan fingerprint density at radius 3 is 2.13 bits per heavy atom. The average molecular weight is 852 g/mol. The zero-order chi connectivity index (χ0) is 33.9. The first kappa shape index (κ1) is 31.8. The Morgan fingerprint density at radius 1 is 0.558 bits per heavy atom. The molecule has 0 saturated carbocycles. The molecule has 0 atom stereocenters. The van der Waals surface area contributed by atoms with Gasteiger partial charge in [0.2, 0.25) is 0 Å². The number of pyridine rings is 1. The van der Waals surface area contributed by atoms with Crippen LogP contribution in [0.1, 0.15) is 5.56 Å².